The molecule has 2 heterocycles. The largest absolute Gasteiger partial charge is 0.339 e. The highest BCUT2D eigenvalue weighted by atomic mass is 32.2. The van der Waals surface area contributed by atoms with Crippen LogP contribution < -0.4 is 4.90 Å². The Balaban J connectivity index is 1.52. The number of thioether (sulfide) groups is 1. The third-order valence-corrected chi connectivity index (χ3v) is 7.66. The summed E-state index contributed by atoms with van der Waals surface area (Å²) in [6.07, 6.45) is 6.42. The lowest BCUT2D eigenvalue weighted by atomic mass is 10.1. The van der Waals surface area contributed by atoms with Crippen LogP contribution in [0.1, 0.15) is 52.7 Å². The van der Waals surface area contributed by atoms with Crippen molar-refractivity contribution in [3.8, 4) is 0 Å². The Morgan fingerprint density at radius 2 is 1.69 bits per heavy atom. The third kappa shape index (κ3) is 5.35. The van der Waals surface area contributed by atoms with Crippen LogP contribution in [0.15, 0.2) is 82.6 Å². The number of likely N-dealkylation sites (tertiary alicyclic amines) is 1. The predicted octanol–water partition coefficient (Wildman–Crippen LogP) is 6.69. The zero-order chi connectivity index (χ0) is 24.2. The number of carbonyl (C=O) groups excluding carboxylic acids is 2. The molecule has 2 amide bonds. The molecule has 0 atom stereocenters. The molecule has 5 rings (SSSR count). The van der Waals surface area contributed by atoms with E-state index in [2.05, 4.69) is 25.1 Å². The summed E-state index contributed by atoms with van der Waals surface area (Å²) in [4.78, 5) is 32.6. The molecule has 3 aromatic rings. The number of benzene rings is 3. The molecule has 1 fully saturated rings. The lowest BCUT2D eigenvalue weighted by molar-refractivity contribution is -0.114. The summed E-state index contributed by atoms with van der Waals surface area (Å²) in [5.41, 5.74) is 4.69. The number of anilines is 1. The van der Waals surface area contributed by atoms with Gasteiger partial charge in [0.15, 0.2) is 0 Å². The van der Waals surface area contributed by atoms with Crippen molar-refractivity contribution < 1.29 is 9.59 Å². The number of aryl methyl sites for hydroxylation is 1. The van der Waals surface area contributed by atoms with E-state index in [1.807, 2.05) is 70.5 Å². The predicted molar refractivity (Wildman–Crippen MR) is 143 cm³/mol. The second-order valence-corrected chi connectivity index (χ2v) is 10.4. The van der Waals surface area contributed by atoms with Crippen LogP contribution in [0.25, 0.3) is 6.08 Å². The highest BCUT2D eigenvalue weighted by molar-refractivity contribution is 8.04. The van der Waals surface area contributed by atoms with Gasteiger partial charge in [-0.05, 0) is 55.2 Å². The van der Waals surface area contributed by atoms with E-state index in [0.717, 1.165) is 53.2 Å². The molecule has 3 aromatic carbocycles. The summed E-state index contributed by atoms with van der Waals surface area (Å²) < 4.78 is 0. The van der Waals surface area contributed by atoms with Gasteiger partial charge in [0.2, 0.25) is 0 Å². The molecule has 0 unspecified atom stereocenters. The van der Waals surface area contributed by atoms with Gasteiger partial charge in [0.1, 0.15) is 0 Å². The average Bonchev–Trinajstić information content (AvgIpc) is 3.16. The zero-order valence-corrected chi connectivity index (χ0v) is 20.9. The Morgan fingerprint density at radius 3 is 2.43 bits per heavy atom. The molecular formula is C30H30N2O2S. The molecule has 0 radical (unpaired) electrons. The van der Waals surface area contributed by atoms with Gasteiger partial charge in [-0.15, -0.1) is 0 Å². The van der Waals surface area contributed by atoms with Crippen molar-refractivity contribution in [3.63, 3.8) is 0 Å². The van der Waals surface area contributed by atoms with Crippen LogP contribution in [-0.2, 0) is 11.3 Å². The highest BCUT2D eigenvalue weighted by Gasteiger charge is 2.31. The Kier molecular flexibility index (Phi) is 7.05. The smallest absolute Gasteiger partial charge is 0.265 e. The van der Waals surface area contributed by atoms with Crippen LogP contribution >= 0.6 is 11.8 Å². The maximum atomic E-state index is 13.8. The third-order valence-electron chi connectivity index (χ3n) is 6.59. The fraction of sp³-hybridized carbons (Fsp3) is 0.267. The summed E-state index contributed by atoms with van der Waals surface area (Å²) >= 11 is 1.48. The number of amides is 2. The van der Waals surface area contributed by atoms with Gasteiger partial charge in [-0.3, -0.25) is 9.59 Å². The summed E-state index contributed by atoms with van der Waals surface area (Å²) in [6, 6.07) is 24.0. The van der Waals surface area contributed by atoms with E-state index in [1.165, 1.54) is 24.6 Å². The standard InChI is InChI=1S/C30H30N2O2S/c1-22-10-9-13-24(18-22)21-32-26-20-25(29(33)31-16-7-2-3-8-17-31)14-15-27(26)35-28(30(32)34)19-23-11-5-4-6-12-23/h4-6,9-15,18-20H,2-3,7-8,16-17,21H2,1H3. The van der Waals surface area contributed by atoms with Gasteiger partial charge in [0.25, 0.3) is 11.8 Å². The van der Waals surface area contributed by atoms with Crippen LogP contribution in [0.4, 0.5) is 5.69 Å². The lowest BCUT2D eigenvalue weighted by Crippen LogP contribution is -2.35. The molecule has 1 saturated heterocycles. The minimum atomic E-state index is -0.0350. The van der Waals surface area contributed by atoms with Crippen molar-refractivity contribution in [2.75, 3.05) is 18.0 Å². The molecule has 5 heteroatoms. The van der Waals surface area contributed by atoms with Crippen LogP contribution in [0.5, 0.6) is 0 Å². The van der Waals surface area contributed by atoms with Crippen LogP contribution in [0, 0.1) is 6.92 Å². The maximum Gasteiger partial charge on any atom is 0.265 e. The Morgan fingerprint density at radius 1 is 0.914 bits per heavy atom. The van der Waals surface area contributed by atoms with E-state index in [0.29, 0.717) is 17.0 Å². The number of hydrogen-bond acceptors (Lipinski definition) is 3. The molecule has 0 spiro atoms. The topological polar surface area (TPSA) is 40.6 Å². The Bertz CT molecular complexity index is 1260. The summed E-state index contributed by atoms with van der Waals surface area (Å²) in [7, 11) is 0. The molecular weight excluding hydrogens is 452 g/mol. The minimum Gasteiger partial charge on any atom is -0.339 e. The van der Waals surface area contributed by atoms with Crippen LogP contribution in [-0.4, -0.2) is 29.8 Å². The zero-order valence-electron chi connectivity index (χ0n) is 20.1. The minimum absolute atomic E-state index is 0.0350. The molecule has 0 bridgehead atoms. The van der Waals surface area contributed by atoms with Gasteiger partial charge in [0.05, 0.1) is 17.1 Å². The van der Waals surface area contributed by atoms with Gasteiger partial charge in [-0.2, -0.15) is 0 Å². The number of nitrogens with zero attached hydrogens (tertiary/aromatic N) is 2. The Hall–Kier alpha value is -3.31. The maximum absolute atomic E-state index is 13.8. The van der Waals surface area contributed by atoms with Gasteiger partial charge in [-0.1, -0.05) is 84.8 Å². The number of fused-ring (bicyclic) bond motifs is 1. The molecule has 2 aliphatic heterocycles. The number of hydrogen-bond donors (Lipinski definition) is 0. The van der Waals surface area contributed by atoms with Gasteiger partial charge < -0.3 is 9.80 Å². The molecule has 178 valence electrons. The molecule has 2 aliphatic rings. The van der Waals surface area contributed by atoms with Crippen molar-refractivity contribution in [2.24, 2.45) is 0 Å². The van der Waals surface area contributed by atoms with E-state index >= 15 is 0 Å². The van der Waals surface area contributed by atoms with Crippen molar-refractivity contribution >= 4 is 35.3 Å². The molecule has 0 saturated carbocycles. The fourth-order valence-corrected chi connectivity index (χ4v) is 5.79. The van der Waals surface area contributed by atoms with Crippen LogP contribution in [0.3, 0.4) is 0 Å². The molecule has 0 aromatic heterocycles. The monoisotopic (exact) mass is 482 g/mol. The average molecular weight is 483 g/mol. The van der Waals surface area contributed by atoms with E-state index in [-0.39, 0.29) is 11.8 Å². The first-order valence-electron chi connectivity index (χ1n) is 12.3. The first kappa shape index (κ1) is 23.4. The fourth-order valence-electron chi connectivity index (χ4n) is 4.75. The SMILES string of the molecule is Cc1cccc(CN2C(=O)C(=Cc3ccccc3)Sc3ccc(C(=O)N4CCCCCC4)cc32)c1. The molecule has 4 nitrogen and oxygen atoms in total. The van der Waals surface area contributed by atoms with Gasteiger partial charge >= 0.3 is 0 Å². The number of rotatable bonds is 4. The van der Waals surface area contributed by atoms with Crippen molar-refractivity contribution in [3.05, 3.63) is 100.0 Å². The highest BCUT2D eigenvalue weighted by Crippen LogP contribution is 2.43. The molecule has 0 N–H and O–H groups in total. The first-order chi connectivity index (χ1) is 17.1. The Labute approximate surface area is 211 Å². The summed E-state index contributed by atoms with van der Waals surface area (Å²) in [5, 5.41) is 0. The first-order valence-corrected chi connectivity index (χ1v) is 13.2. The molecule has 35 heavy (non-hydrogen) atoms. The van der Waals surface area contributed by atoms with E-state index in [9.17, 15) is 9.59 Å². The van der Waals surface area contributed by atoms with Crippen molar-refractivity contribution in [2.45, 2.75) is 44.0 Å². The van der Waals surface area contributed by atoms with Crippen molar-refractivity contribution in [1.82, 2.24) is 4.90 Å². The van der Waals surface area contributed by atoms with E-state index < -0.39 is 0 Å². The van der Waals surface area contributed by atoms with Gasteiger partial charge in [-0.25, -0.2) is 0 Å². The quantitative estimate of drug-likeness (QED) is 0.389. The van der Waals surface area contributed by atoms with E-state index in [4.69, 9.17) is 0 Å². The second-order valence-electron chi connectivity index (χ2n) is 9.29. The summed E-state index contributed by atoms with van der Waals surface area (Å²) in [5.74, 6) is 0.0282. The normalized spacial score (nSPS) is 17.3. The van der Waals surface area contributed by atoms with Crippen molar-refractivity contribution in [1.29, 1.82) is 0 Å². The van der Waals surface area contributed by atoms with Crippen LogP contribution in [0.2, 0.25) is 0 Å². The van der Waals surface area contributed by atoms with Gasteiger partial charge in [0, 0.05) is 23.5 Å². The number of carbonyl (C=O) groups is 2. The van der Waals surface area contributed by atoms with E-state index in [1.54, 1.807) is 0 Å². The second kappa shape index (κ2) is 10.5. The molecule has 0 aliphatic carbocycles. The lowest BCUT2D eigenvalue weighted by Gasteiger charge is -2.31. The summed E-state index contributed by atoms with van der Waals surface area (Å²) in [6.45, 7) is 4.13.